The Balaban J connectivity index is 1.80. The van der Waals surface area contributed by atoms with Crippen LogP contribution in [0.1, 0.15) is 21.6 Å². The fourth-order valence-corrected chi connectivity index (χ4v) is 2.13. The van der Waals surface area contributed by atoms with Crippen molar-refractivity contribution in [3.05, 3.63) is 89.5 Å². The largest absolute Gasteiger partial charge is 0.320 e. The molecule has 0 aliphatic heterocycles. The Hall–Kier alpha value is -3.34. The zero-order valence-corrected chi connectivity index (χ0v) is 12.7. The van der Waals surface area contributed by atoms with Gasteiger partial charge < -0.3 is 5.32 Å². The molecule has 1 amide bonds. The fraction of sp³-hybridized carbons (Fsp3) is 0. The number of aromatic nitrogens is 2. The molecule has 0 fully saturated rings. The summed E-state index contributed by atoms with van der Waals surface area (Å²) >= 11 is 0. The van der Waals surface area contributed by atoms with Gasteiger partial charge in [0.05, 0.1) is 0 Å². The molecule has 3 rings (SSSR count). The lowest BCUT2D eigenvalue weighted by Gasteiger charge is -2.07. The Morgan fingerprint density at radius 2 is 1.75 bits per heavy atom. The second-order valence-electron chi connectivity index (χ2n) is 5.04. The molecule has 2 aromatic carbocycles. The number of benzene rings is 2. The third-order valence-electron chi connectivity index (χ3n) is 3.34. The summed E-state index contributed by atoms with van der Waals surface area (Å²) in [6.45, 7) is 0. The van der Waals surface area contributed by atoms with Gasteiger partial charge >= 0.3 is 0 Å². The summed E-state index contributed by atoms with van der Waals surface area (Å²) in [6.07, 6.45) is 5.22. The van der Waals surface area contributed by atoms with Gasteiger partial charge in [0.25, 0.3) is 5.91 Å². The van der Waals surface area contributed by atoms with E-state index in [9.17, 15) is 9.18 Å². The highest BCUT2D eigenvalue weighted by atomic mass is 19.1. The molecule has 4 nitrogen and oxygen atoms in total. The maximum Gasteiger partial charge on any atom is 0.276 e. The van der Waals surface area contributed by atoms with Crippen molar-refractivity contribution >= 4 is 23.7 Å². The SMILES string of the molecule is O=C(Nc1ccccc1/C=C/c1ccc(F)cc1)c1cccnn1. The quantitative estimate of drug-likeness (QED) is 0.738. The van der Waals surface area contributed by atoms with Crippen LogP contribution >= 0.6 is 0 Å². The third kappa shape index (κ3) is 3.89. The molecule has 0 radical (unpaired) electrons. The maximum absolute atomic E-state index is 12.9. The van der Waals surface area contributed by atoms with E-state index in [-0.39, 0.29) is 17.4 Å². The topological polar surface area (TPSA) is 54.9 Å². The second-order valence-corrected chi connectivity index (χ2v) is 5.04. The van der Waals surface area contributed by atoms with Gasteiger partial charge in [0, 0.05) is 11.9 Å². The molecule has 5 heteroatoms. The van der Waals surface area contributed by atoms with Gasteiger partial charge in [-0.2, -0.15) is 5.10 Å². The van der Waals surface area contributed by atoms with Crippen LogP contribution in [0, 0.1) is 5.82 Å². The number of anilines is 1. The van der Waals surface area contributed by atoms with Crippen molar-refractivity contribution in [2.45, 2.75) is 0 Å². The lowest BCUT2D eigenvalue weighted by Crippen LogP contribution is -2.14. The minimum absolute atomic E-state index is 0.245. The summed E-state index contributed by atoms with van der Waals surface area (Å²) < 4.78 is 12.9. The van der Waals surface area contributed by atoms with Gasteiger partial charge in [-0.15, -0.1) is 5.10 Å². The van der Waals surface area contributed by atoms with E-state index in [0.29, 0.717) is 5.69 Å². The monoisotopic (exact) mass is 319 g/mol. The van der Waals surface area contributed by atoms with Crippen LogP contribution in [0.15, 0.2) is 66.9 Å². The number of carbonyl (C=O) groups excluding carboxylic acids is 1. The Morgan fingerprint density at radius 3 is 2.50 bits per heavy atom. The summed E-state index contributed by atoms with van der Waals surface area (Å²) in [5.74, 6) is -0.602. The number of halogens is 1. The average molecular weight is 319 g/mol. The predicted octanol–water partition coefficient (Wildman–Crippen LogP) is 4.04. The third-order valence-corrected chi connectivity index (χ3v) is 3.34. The molecule has 0 atom stereocenters. The lowest BCUT2D eigenvalue weighted by atomic mass is 10.1. The van der Waals surface area contributed by atoms with Crippen molar-refractivity contribution in [1.82, 2.24) is 10.2 Å². The first-order valence-electron chi connectivity index (χ1n) is 7.34. The Morgan fingerprint density at radius 1 is 0.958 bits per heavy atom. The van der Waals surface area contributed by atoms with E-state index in [2.05, 4.69) is 15.5 Å². The van der Waals surface area contributed by atoms with E-state index < -0.39 is 0 Å². The van der Waals surface area contributed by atoms with E-state index >= 15 is 0 Å². The molecule has 0 saturated carbocycles. The average Bonchev–Trinajstić information content (AvgIpc) is 2.63. The van der Waals surface area contributed by atoms with Gasteiger partial charge in [0.2, 0.25) is 0 Å². The van der Waals surface area contributed by atoms with Crippen LogP contribution in [0.2, 0.25) is 0 Å². The molecule has 1 aromatic heterocycles. The molecule has 0 saturated heterocycles. The molecule has 1 heterocycles. The van der Waals surface area contributed by atoms with Gasteiger partial charge in [0.1, 0.15) is 5.82 Å². The van der Waals surface area contributed by atoms with Gasteiger partial charge in [0.15, 0.2) is 5.69 Å². The zero-order chi connectivity index (χ0) is 16.8. The number of nitrogens with one attached hydrogen (secondary N) is 1. The Labute approximate surface area is 138 Å². The van der Waals surface area contributed by atoms with Crippen molar-refractivity contribution in [3.8, 4) is 0 Å². The predicted molar refractivity (Wildman–Crippen MR) is 91.8 cm³/mol. The molecule has 1 N–H and O–H groups in total. The molecule has 0 unspecified atom stereocenters. The lowest BCUT2D eigenvalue weighted by molar-refractivity contribution is 0.102. The standard InChI is InChI=1S/C19H14FN3O/c20-16-11-8-14(9-12-16)7-10-15-4-1-2-5-17(15)22-19(24)18-6-3-13-21-23-18/h1-13H,(H,22,24)/b10-7+. The minimum atomic E-state index is -0.328. The Bertz CT molecular complexity index is 861. The van der Waals surface area contributed by atoms with Crippen LogP contribution in [0.3, 0.4) is 0 Å². The molecule has 0 bridgehead atoms. The summed E-state index contributed by atoms with van der Waals surface area (Å²) in [5.41, 5.74) is 2.60. The number of hydrogen-bond acceptors (Lipinski definition) is 3. The van der Waals surface area contributed by atoms with Crippen LogP contribution < -0.4 is 5.32 Å². The van der Waals surface area contributed by atoms with Gasteiger partial charge in [-0.1, -0.05) is 42.5 Å². The normalized spacial score (nSPS) is 10.7. The van der Waals surface area contributed by atoms with Crippen molar-refractivity contribution < 1.29 is 9.18 Å². The molecule has 118 valence electrons. The number of carbonyl (C=O) groups is 1. The van der Waals surface area contributed by atoms with Crippen molar-refractivity contribution in [3.63, 3.8) is 0 Å². The first-order chi connectivity index (χ1) is 11.7. The van der Waals surface area contributed by atoms with Gasteiger partial charge in [-0.3, -0.25) is 4.79 Å². The van der Waals surface area contributed by atoms with Crippen LogP contribution in [-0.4, -0.2) is 16.1 Å². The van der Waals surface area contributed by atoms with Gasteiger partial charge in [-0.25, -0.2) is 4.39 Å². The van der Waals surface area contributed by atoms with Crippen LogP contribution in [-0.2, 0) is 0 Å². The van der Waals surface area contributed by atoms with Crippen molar-refractivity contribution in [2.75, 3.05) is 5.32 Å². The maximum atomic E-state index is 12.9. The van der Waals surface area contributed by atoms with Crippen molar-refractivity contribution in [1.29, 1.82) is 0 Å². The van der Waals surface area contributed by atoms with E-state index in [4.69, 9.17) is 0 Å². The molecular weight excluding hydrogens is 305 g/mol. The number of hydrogen-bond donors (Lipinski definition) is 1. The number of rotatable bonds is 4. The second kappa shape index (κ2) is 7.28. The molecule has 0 aliphatic rings. The number of amides is 1. The van der Waals surface area contributed by atoms with Gasteiger partial charge in [-0.05, 0) is 41.5 Å². The van der Waals surface area contributed by atoms with E-state index in [1.54, 1.807) is 30.3 Å². The minimum Gasteiger partial charge on any atom is -0.320 e. The summed E-state index contributed by atoms with van der Waals surface area (Å²) in [6, 6.07) is 16.8. The summed E-state index contributed by atoms with van der Waals surface area (Å²) in [7, 11) is 0. The smallest absolute Gasteiger partial charge is 0.276 e. The van der Waals surface area contributed by atoms with Crippen molar-refractivity contribution in [2.24, 2.45) is 0 Å². The fourth-order valence-electron chi connectivity index (χ4n) is 2.13. The molecule has 24 heavy (non-hydrogen) atoms. The highest BCUT2D eigenvalue weighted by Gasteiger charge is 2.09. The Kier molecular flexibility index (Phi) is 4.72. The summed E-state index contributed by atoms with van der Waals surface area (Å²) in [4.78, 5) is 12.2. The molecular formula is C19H14FN3O. The van der Waals surface area contributed by atoms with E-state index in [1.807, 2.05) is 30.4 Å². The highest BCUT2D eigenvalue weighted by molar-refractivity contribution is 6.04. The number of nitrogens with zero attached hydrogens (tertiary/aromatic N) is 2. The first-order valence-corrected chi connectivity index (χ1v) is 7.34. The van der Waals surface area contributed by atoms with E-state index in [1.165, 1.54) is 18.3 Å². The van der Waals surface area contributed by atoms with Crippen LogP contribution in [0.4, 0.5) is 10.1 Å². The molecule has 3 aromatic rings. The van der Waals surface area contributed by atoms with Crippen LogP contribution in [0.5, 0.6) is 0 Å². The molecule has 0 spiro atoms. The van der Waals surface area contributed by atoms with Crippen LogP contribution in [0.25, 0.3) is 12.2 Å². The number of para-hydroxylation sites is 1. The first kappa shape index (κ1) is 15.6. The highest BCUT2D eigenvalue weighted by Crippen LogP contribution is 2.19. The molecule has 0 aliphatic carbocycles. The zero-order valence-electron chi connectivity index (χ0n) is 12.7. The van der Waals surface area contributed by atoms with E-state index in [0.717, 1.165) is 11.1 Å². The summed E-state index contributed by atoms with van der Waals surface area (Å²) in [5, 5.41) is 10.3.